The topological polar surface area (TPSA) is 35.0 Å². The summed E-state index contributed by atoms with van der Waals surface area (Å²) in [6, 6.07) is 0. The summed E-state index contributed by atoms with van der Waals surface area (Å²) in [5.41, 5.74) is 0. The van der Waals surface area contributed by atoms with Gasteiger partial charge in [-0.15, -0.1) is 0 Å². The molecule has 0 fully saturated rings. The van der Waals surface area contributed by atoms with Gasteiger partial charge in [0.2, 0.25) is 0 Å². The molecule has 4 heavy (non-hydrogen) atoms. The Morgan fingerprint density at radius 2 is 1.25 bits per heavy atom. The molecule has 1 nitrogen and oxygen atoms in total. The van der Waals surface area contributed by atoms with Gasteiger partial charge in [0.15, 0.2) is 0 Å². The first-order chi connectivity index (χ1) is 1.41. The van der Waals surface area contributed by atoms with Crippen molar-refractivity contribution in [1.29, 1.82) is 0 Å². The van der Waals surface area contributed by atoms with Crippen LogP contribution in [0.4, 0.5) is 0 Å². The van der Waals surface area contributed by atoms with Crippen LogP contribution in [-0.2, 0) is 13.9 Å². The Labute approximate surface area is 46.7 Å². The van der Waals surface area contributed by atoms with Gasteiger partial charge in [-0.3, -0.25) is 0 Å². The molecule has 0 bridgehead atoms. The Morgan fingerprint density at radius 3 is 1.25 bits per heavy atom. The van der Waals surface area contributed by atoms with Crippen molar-refractivity contribution in [1.82, 2.24) is 6.15 Å². The fourth-order valence-corrected chi connectivity index (χ4v) is 0. The van der Waals surface area contributed by atoms with Crippen molar-refractivity contribution in [2.24, 2.45) is 0 Å². The summed E-state index contributed by atoms with van der Waals surface area (Å²) in [7, 11) is 0. The second kappa shape index (κ2) is 8.82. The van der Waals surface area contributed by atoms with Crippen LogP contribution in [0.1, 0.15) is 0 Å². The molecule has 0 unspecified atom stereocenters. The minimum absolute atomic E-state index is 0. The van der Waals surface area contributed by atoms with Crippen molar-refractivity contribution >= 4 is 26.9 Å². The Bertz CT molecular complexity index is 6.00. The van der Waals surface area contributed by atoms with Gasteiger partial charge in [0.25, 0.3) is 0 Å². The second-order valence-corrected chi connectivity index (χ2v) is 7.22. The molecule has 0 amide bonds. The molecule has 0 rings (SSSR count). The van der Waals surface area contributed by atoms with E-state index in [-0.39, 0.29) is 6.15 Å². The predicted molar refractivity (Wildman–Crippen MR) is 22.9 cm³/mol. The molecule has 0 aliphatic carbocycles. The quantitative estimate of drug-likeness (QED) is 0.677. The fraction of sp³-hybridized carbons (Fsp3) is 0. The van der Waals surface area contributed by atoms with Crippen LogP contribution in [0.2, 0.25) is 0 Å². The molecule has 3 N–H and O–H groups in total. The molecule has 4 heteroatoms. The van der Waals surface area contributed by atoms with Gasteiger partial charge < -0.3 is 6.15 Å². The van der Waals surface area contributed by atoms with Crippen molar-refractivity contribution in [2.75, 3.05) is 0 Å². The Morgan fingerprint density at radius 1 is 1.25 bits per heavy atom. The van der Waals surface area contributed by atoms with Crippen molar-refractivity contribution in [3.05, 3.63) is 0 Å². The molecular weight excluding hydrogens is 280 g/mol. The van der Waals surface area contributed by atoms with Crippen LogP contribution in [-0.4, -0.2) is 0 Å². The molecule has 0 saturated carbocycles. The first-order valence-electron chi connectivity index (χ1n) is 0.239. The third-order valence-electron chi connectivity index (χ3n) is 0. The summed E-state index contributed by atoms with van der Waals surface area (Å²) < 4.78 is 0. The van der Waals surface area contributed by atoms with Crippen molar-refractivity contribution in [2.45, 2.75) is 0 Å². The average Bonchev–Trinajstić information content (AvgIpc) is 0.918. The standard InChI is InChI=1S/2BrH.H3N.Pd/h2*1H;1H3;/q;;;+2/p-2. The monoisotopic (exact) mass is 281 g/mol. The van der Waals surface area contributed by atoms with E-state index >= 15 is 0 Å². The van der Waals surface area contributed by atoms with Gasteiger partial charge in [0.1, 0.15) is 0 Å². The molecule has 0 aromatic heterocycles. The number of hydrogen-bond donors (Lipinski definition) is 1. The zero-order chi connectivity index (χ0) is 2.71. The molecular formula is H3Br2NPd. The Kier molecular flexibility index (Phi) is 20.1. The summed E-state index contributed by atoms with van der Waals surface area (Å²) >= 11 is 6.80. The van der Waals surface area contributed by atoms with Gasteiger partial charge in [-0.05, 0) is 0 Å². The number of hydrogen-bond acceptors (Lipinski definition) is 1. The van der Waals surface area contributed by atoms with Crippen molar-refractivity contribution in [3.8, 4) is 0 Å². The van der Waals surface area contributed by atoms with E-state index in [2.05, 4.69) is 26.9 Å². The Balaban J connectivity index is 0. The summed E-state index contributed by atoms with van der Waals surface area (Å²) in [6.07, 6.45) is 0. The SMILES string of the molecule is N.[Br][Pd][Br]. The molecule has 0 radical (unpaired) electrons. The van der Waals surface area contributed by atoms with Gasteiger partial charge in [-0.2, -0.15) is 0 Å². The van der Waals surface area contributed by atoms with E-state index in [1.165, 1.54) is 0 Å². The molecule has 0 aromatic carbocycles. The van der Waals surface area contributed by atoms with Crippen LogP contribution in [0.25, 0.3) is 0 Å². The van der Waals surface area contributed by atoms with E-state index in [1.54, 1.807) is 0 Å². The van der Waals surface area contributed by atoms with Gasteiger partial charge >= 0.3 is 40.8 Å². The maximum absolute atomic E-state index is 3.11. The second-order valence-electron chi connectivity index (χ2n) is 0.0452. The molecule has 0 aliphatic heterocycles. The fourth-order valence-electron chi connectivity index (χ4n) is 0. The van der Waals surface area contributed by atoms with E-state index < -0.39 is 0 Å². The zero-order valence-electron chi connectivity index (χ0n) is 1.78. The summed E-state index contributed by atoms with van der Waals surface area (Å²) in [5.74, 6) is 0. The molecule has 0 heterocycles. The summed E-state index contributed by atoms with van der Waals surface area (Å²) in [4.78, 5) is 0. The first-order valence-corrected chi connectivity index (χ1v) is 7.35. The maximum atomic E-state index is 3.11. The van der Waals surface area contributed by atoms with Gasteiger partial charge in [0, 0.05) is 0 Å². The zero-order valence-corrected chi connectivity index (χ0v) is 6.51. The van der Waals surface area contributed by atoms with Crippen LogP contribution >= 0.6 is 26.9 Å². The molecule has 0 spiro atoms. The molecule has 32 valence electrons. The average molecular weight is 283 g/mol. The third-order valence-corrected chi connectivity index (χ3v) is 0. The van der Waals surface area contributed by atoms with Crippen LogP contribution < -0.4 is 6.15 Å². The first kappa shape index (κ1) is 9.13. The molecule has 0 atom stereocenters. The van der Waals surface area contributed by atoms with Gasteiger partial charge in [-0.1, -0.05) is 0 Å². The number of rotatable bonds is 0. The minimum atomic E-state index is 0. The van der Waals surface area contributed by atoms with E-state index in [1.807, 2.05) is 0 Å². The van der Waals surface area contributed by atoms with E-state index in [9.17, 15) is 0 Å². The predicted octanol–water partition coefficient (Wildman–Crippen LogP) is 1.85. The third kappa shape index (κ3) is 9.54. The van der Waals surface area contributed by atoms with Gasteiger partial charge in [0.05, 0.1) is 0 Å². The van der Waals surface area contributed by atoms with Gasteiger partial charge in [-0.25, -0.2) is 0 Å². The molecule has 0 saturated heterocycles. The Hall–Kier alpha value is 1.58. The normalized spacial score (nSPS) is 5.50. The number of halogens is 2. The van der Waals surface area contributed by atoms with E-state index in [4.69, 9.17) is 0 Å². The summed E-state index contributed by atoms with van der Waals surface area (Å²) in [5, 5.41) is 0. The summed E-state index contributed by atoms with van der Waals surface area (Å²) in [6.45, 7) is 0. The van der Waals surface area contributed by atoms with E-state index in [0.717, 1.165) is 0 Å². The molecule has 0 aromatic rings. The van der Waals surface area contributed by atoms with Crippen LogP contribution in [0, 0.1) is 0 Å². The van der Waals surface area contributed by atoms with Crippen molar-refractivity contribution in [3.63, 3.8) is 0 Å². The van der Waals surface area contributed by atoms with Crippen LogP contribution in [0.5, 0.6) is 0 Å². The van der Waals surface area contributed by atoms with Crippen LogP contribution in [0.3, 0.4) is 0 Å². The molecule has 0 aliphatic rings. The van der Waals surface area contributed by atoms with Crippen molar-refractivity contribution < 1.29 is 13.9 Å². The van der Waals surface area contributed by atoms with Crippen LogP contribution in [0.15, 0.2) is 0 Å². The van der Waals surface area contributed by atoms with E-state index in [0.29, 0.717) is 13.9 Å².